The largest absolute Gasteiger partial charge is 0.468 e. The number of carbonyl (C=O) groups is 2. The molecule has 2 aromatic carbocycles. The maximum Gasteiger partial charge on any atom is 0.338 e. The maximum absolute atomic E-state index is 12.3. The highest BCUT2D eigenvalue weighted by atomic mass is 79.9. The molecule has 0 aliphatic rings. The van der Waals surface area contributed by atoms with Gasteiger partial charge < -0.3 is 14.5 Å². The lowest BCUT2D eigenvalue weighted by atomic mass is 10.2. The SMILES string of the molecule is O=C(COC(=O)c1ccc(S(=O)(=O)NCc2ccco2)cc1)Nc1ccccc1Br. The van der Waals surface area contributed by atoms with Crippen LogP contribution in [0.2, 0.25) is 0 Å². The number of benzene rings is 2. The van der Waals surface area contributed by atoms with Gasteiger partial charge in [-0.1, -0.05) is 12.1 Å². The Bertz CT molecular complexity index is 1130. The van der Waals surface area contributed by atoms with Crippen molar-refractivity contribution in [3.63, 3.8) is 0 Å². The zero-order valence-corrected chi connectivity index (χ0v) is 17.9. The summed E-state index contributed by atoms with van der Waals surface area (Å²) >= 11 is 3.30. The first-order valence-corrected chi connectivity index (χ1v) is 11.0. The van der Waals surface area contributed by atoms with E-state index >= 15 is 0 Å². The van der Waals surface area contributed by atoms with Gasteiger partial charge >= 0.3 is 5.97 Å². The highest BCUT2D eigenvalue weighted by molar-refractivity contribution is 9.10. The number of nitrogens with one attached hydrogen (secondary N) is 2. The fourth-order valence-electron chi connectivity index (χ4n) is 2.40. The molecule has 1 heterocycles. The van der Waals surface area contributed by atoms with E-state index in [1.165, 1.54) is 30.5 Å². The molecule has 10 heteroatoms. The Morgan fingerprint density at radius 2 is 1.73 bits per heavy atom. The van der Waals surface area contributed by atoms with Crippen molar-refractivity contribution in [2.24, 2.45) is 0 Å². The summed E-state index contributed by atoms with van der Waals surface area (Å²) in [4.78, 5) is 24.1. The molecule has 0 spiro atoms. The minimum absolute atomic E-state index is 0.00572. The molecule has 0 radical (unpaired) electrons. The molecular formula is C20H17BrN2O6S. The monoisotopic (exact) mass is 492 g/mol. The van der Waals surface area contributed by atoms with Crippen molar-refractivity contribution in [2.45, 2.75) is 11.4 Å². The van der Waals surface area contributed by atoms with Crippen molar-refractivity contribution in [1.82, 2.24) is 4.72 Å². The molecule has 0 fully saturated rings. The molecular weight excluding hydrogens is 476 g/mol. The number of esters is 1. The number of sulfonamides is 1. The standard InChI is InChI=1S/C20H17BrN2O6S/c21-17-5-1-2-6-18(17)23-19(24)13-29-20(25)14-7-9-16(10-8-14)30(26,27)22-12-15-4-3-11-28-15/h1-11,22H,12-13H2,(H,23,24). The Labute approximate surface area is 181 Å². The summed E-state index contributed by atoms with van der Waals surface area (Å²) in [5.74, 6) is -0.777. The average molecular weight is 493 g/mol. The van der Waals surface area contributed by atoms with Gasteiger partial charge in [-0.2, -0.15) is 0 Å². The van der Waals surface area contributed by atoms with Crippen LogP contribution in [0.5, 0.6) is 0 Å². The Morgan fingerprint density at radius 3 is 2.40 bits per heavy atom. The fourth-order valence-corrected chi connectivity index (χ4v) is 3.77. The molecule has 2 N–H and O–H groups in total. The van der Waals surface area contributed by atoms with Crippen LogP contribution in [0.1, 0.15) is 16.1 Å². The van der Waals surface area contributed by atoms with E-state index in [9.17, 15) is 18.0 Å². The lowest BCUT2D eigenvalue weighted by Crippen LogP contribution is -2.23. The van der Waals surface area contributed by atoms with Crippen molar-refractivity contribution in [3.8, 4) is 0 Å². The molecule has 156 valence electrons. The number of ether oxygens (including phenoxy) is 1. The number of anilines is 1. The van der Waals surface area contributed by atoms with Gasteiger partial charge in [-0.15, -0.1) is 0 Å². The van der Waals surface area contributed by atoms with Gasteiger partial charge in [0.25, 0.3) is 5.91 Å². The predicted octanol–water partition coefficient (Wildman–Crippen LogP) is 3.32. The van der Waals surface area contributed by atoms with Crippen molar-refractivity contribution in [1.29, 1.82) is 0 Å². The van der Waals surface area contributed by atoms with Gasteiger partial charge in [0, 0.05) is 4.47 Å². The summed E-state index contributed by atoms with van der Waals surface area (Å²) in [6.07, 6.45) is 1.45. The molecule has 8 nitrogen and oxygen atoms in total. The van der Waals surface area contributed by atoms with Gasteiger partial charge in [0.2, 0.25) is 10.0 Å². The molecule has 0 atom stereocenters. The summed E-state index contributed by atoms with van der Waals surface area (Å²) in [5.41, 5.74) is 0.670. The average Bonchev–Trinajstić information content (AvgIpc) is 3.26. The quantitative estimate of drug-likeness (QED) is 0.466. The Balaban J connectivity index is 1.54. The number of amides is 1. The van der Waals surface area contributed by atoms with Crippen LogP contribution < -0.4 is 10.0 Å². The third kappa shape index (κ3) is 5.78. The fraction of sp³-hybridized carbons (Fsp3) is 0.100. The highest BCUT2D eigenvalue weighted by Crippen LogP contribution is 2.21. The number of carbonyl (C=O) groups excluding carboxylic acids is 2. The molecule has 0 bridgehead atoms. The van der Waals surface area contributed by atoms with Gasteiger partial charge in [0.05, 0.1) is 29.0 Å². The molecule has 30 heavy (non-hydrogen) atoms. The van der Waals surface area contributed by atoms with E-state index in [0.717, 1.165) is 0 Å². The summed E-state index contributed by atoms with van der Waals surface area (Å²) in [5, 5.41) is 2.61. The van der Waals surface area contributed by atoms with Crippen LogP contribution in [0, 0.1) is 0 Å². The van der Waals surface area contributed by atoms with Gasteiger partial charge in [-0.05, 0) is 64.5 Å². The number of rotatable bonds is 8. The van der Waals surface area contributed by atoms with Crippen molar-refractivity contribution in [3.05, 3.63) is 82.7 Å². The summed E-state index contributed by atoms with van der Waals surface area (Å²) in [6.45, 7) is -0.476. The van der Waals surface area contributed by atoms with E-state index in [-0.39, 0.29) is 17.0 Å². The van der Waals surface area contributed by atoms with Gasteiger partial charge in [-0.3, -0.25) is 4.79 Å². The minimum Gasteiger partial charge on any atom is -0.468 e. The molecule has 0 saturated heterocycles. The van der Waals surface area contributed by atoms with E-state index < -0.39 is 28.5 Å². The normalized spacial score (nSPS) is 11.1. The molecule has 0 aliphatic carbocycles. The van der Waals surface area contributed by atoms with Crippen LogP contribution in [0.25, 0.3) is 0 Å². The van der Waals surface area contributed by atoms with Crippen LogP contribution in [-0.4, -0.2) is 26.9 Å². The smallest absolute Gasteiger partial charge is 0.338 e. The van der Waals surface area contributed by atoms with Crippen molar-refractivity contribution < 1.29 is 27.2 Å². The summed E-state index contributed by atoms with van der Waals surface area (Å²) < 4.78 is 37.8. The first kappa shape index (κ1) is 21.8. The minimum atomic E-state index is -3.77. The van der Waals surface area contributed by atoms with Crippen LogP contribution >= 0.6 is 15.9 Å². The Hall–Kier alpha value is -2.95. The first-order chi connectivity index (χ1) is 14.3. The zero-order valence-electron chi connectivity index (χ0n) is 15.5. The van der Waals surface area contributed by atoms with E-state index in [1.807, 2.05) is 0 Å². The molecule has 0 saturated carbocycles. The highest BCUT2D eigenvalue weighted by Gasteiger charge is 2.16. The van der Waals surface area contributed by atoms with Crippen LogP contribution in [0.4, 0.5) is 5.69 Å². The first-order valence-electron chi connectivity index (χ1n) is 8.69. The third-order valence-corrected chi connectivity index (χ3v) is 6.01. The number of hydrogen-bond acceptors (Lipinski definition) is 6. The van der Waals surface area contributed by atoms with Crippen molar-refractivity contribution >= 4 is 43.5 Å². The predicted molar refractivity (Wildman–Crippen MR) is 112 cm³/mol. The third-order valence-electron chi connectivity index (χ3n) is 3.90. The van der Waals surface area contributed by atoms with Crippen molar-refractivity contribution in [2.75, 3.05) is 11.9 Å². The number of para-hydroxylation sites is 1. The van der Waals surface area contributed by atoms with Gasteiger partial charge in [-0.25, -0.2) is 17.9 Å². The topological polar surface area (TPSA) is 115 Å². The zero-order chi connectivity index (χ0) is 21.6. The molecule has 3 rings (SSSR count). The maximum atomic E-state index is 12.3. The van der Waals surface area contributed by atoms with Crippen LogP contribution in [0.15, 0.2) is 80.7 Å². The second-order valence-corrected chi connectivity index (χ2v) is 8.65. The lowest BCUT2D eigenvalue weighted by Gasteiger charge is -2.09. The molecule has 1 aromatic heterocycles. The second kappa shape index (κ2) is 9.70. The molecule has 0 aliphatic heterocycles. The summed E-state index contributed by atoms with van der Waals surface area (Å²) in [7, 11) is -3.77. The van der Waals surface area contributed by atoms with Gasteiger partial charge in [0.15, 0.2) is 6.61 Å². The molecule has 1 amide bonds. The Kier molecular flexibility index (Phi) is 7.03. The summed E-state index contributed by atoms with van der Waals surface area (Å²) in [6, 6.07) is 15.5. The van der Waals surface area contributed by atoms with E-state index in [4.69, 9.17) is 9.15 Å². The van der Waals surface area contributed by atoms with E-state index in [0.29, 0.717) is 15.9 Å². The number of halogens is 1. The van der Waals surface area contributed by atoms with Crippen LogP contribution in [0.3, 0.4) is 0 Å². The van der Waals surface area contributed by atoms with Gasteiger partial charge in [0.1, 0.15) is 5.76 Å². The second-order valence-electron chi connectivity index (χ2n) is 6.03. The number of furan rings is 1. The van der Waals surface area contributed by atoms with E-state index in [2.05, 4.69) is 26.0 Å². The van der Waals surface area contributed by atoms with Crippen LogP contribution in [-0.2, 0) is 26.1 Å². The Morgan fingerprint density at radius 1 is 1.00 bits per heavy atom. The number of hydrogen-bond donors (Lipinski definition) is 2. The lowest BCUT2D eigenvalue weighted by molar-refractivity contribution is -0.119. The molecule has 3 aromatic rings. The van der Waals surface area contributed by atoms with E-state index in [1.54, 1.807) is 36.4 Å². The molecule has 0 unspecified atom stereocenters.